The summed E-state index contributed by atoms with van der Waals surface area (Å²) in [5.74, 6) is 0. The fourth-order valence-corrected chi connectivity index (χ4v) is 3.74. The van der Waals surface area contributed by atoms with Crippen LogP contribution in [0.15, 0.2) is 72.9 Å². The van der Waals surface area contributed by atoms with Gasteiger partial charge in [0.1, 0.15) is 0 Å². The van der Waals surface area contributed by atoms with E-state index in [1.807, 2.05) is 11.0 Å². The Hall–Kier alpha value is -3.01. The Morgan fingerprint density at radius 1 is 0.963 bits per heavy atom. The molecule has 2 aromatic carbocycles. The molecule has 3 aromatic rings. The molecule has 0 spiro atoms. The molecule has 27 heavy (non-hydrogen) atoms. The van der Waals surface area contributed by atoms with E-state index in [1.54, 1.807) is 0 Å². The van der Waals surface area contributed by atoms with E-state index in [-0.39, 0.29) is 12.1 Å². The van der Waals surface area contributed by atoms with Crippen LogP contribution < -0.4 is 5.32 Å². The maximum absolute atomic E-state index is 13.0. The van der Waals surface area contributed by atoms with Crippen LogP contribution in [0.3, 0.4) is 0 Å². The predicted octanol–water partition coefficient (Wildman–Crippen LogP) is 4.31. The molecule has 1 aliphatic heterocycles. The van der Waals surface area contributed by atoms with Gasteiger partial charge >= 0.3 is 6.03 Å². The minimum atomic E-state index is 0.00366. The maximum Gasteiger partial charge on any atom is 0.318 e. The van der Waals surface area contributed by atoms with Gasteiger partial charge in [-0.1, -0.05) is 60.2 Å². The van der Waals surface area contributed by atoms with Crippen molar-refractivity contribution in [3.05, 3.63) is 95.3 Å². The molecule has 4 heteroatoms. The molecule has 0 saturated heterocycles. The second-order valence-corrected chi connectivity index (χ2v) is 7.17. The second kappa shape index (κ2) is 7.70. The summed E-state index contributed by atoms with van der Waals surface area (Å²) < 4.78 is 2.26. The number of aryl methyl sites for hydroxylation is 1. The Morgan fingerprint density at radius 2 is 1.74 bits per heavy atom. The Balaban J connectivity index is 1.50. The lowest BCUT2D eigenvalue weighted by atomic mass is 10.0. The largest absolute Gasteiger partial charge is 0.348 e. The maximum atomic E-state index is 13.0. The molecule has 0 fully saturated rings. The quantitative estimate of drug-likeness (QED) is 0.741. The molecule has 4 nitrogen and oxygen atoms in total. The first-order chi connectivity index (χ1) is 13.2. The summed E-state index contributed by atoms with van der Waals surface area (Å²) in [7, 11) is 0. The Kier molecular flexibility index (Phi) is 4.97. The summed E-state index contributed by atoms with van der Waals surface area (Å²) >= 11 is 0. The standard InChI is InChI=1S/C23H25N3O/c1-18-9-11-20(12-10-18)17-24-23(27)26-15-14-25-13-5-8-21(25)22(26)16-19-6-3-2-4-7-19/h2-13,22H,14-17H2,1H3,(H,24,27)/t22-/m0/s1. The minimum absolute atomic E-state index is 0.00366. The number of hydrogen-bond donors (Lipinski definition) is 1. The van der Waals surface area contributed by atoms with Crippen molar-refractivity contribution in [1.82, 2.24) is 14.8 Å². The van der Waals surface area contributed by atoms with Gasteiger partial charge in [0.15, 0.2) is 0 Å². The molecule has 1 atom stereocenters. The number of nitrogens with zero attached hydrogens (tertiary/aromatic N) is 2. The van der Waals surface area contributed by atoms with Crippen molar-refractivity contribution in [2.24, 2.45) is 0 Å². The fraction of sp³-hybridized carbons (Fsp3) is 0.261. The molecule has 1 aromatic heterocycles. The number of carbonyl (C=O) groups is 1. The van der Waals surface area contributed by atoms with Gasteiger partial charge in [0.05, 0.1) is 6.04 Å². The molecular weight excluding hydrogens is 334 g/mol. The zero-order valence-electron chi connectivity index (χ0n) is 15.6. The lowest BCUT2D eigenvalue weighted by molar-refractivity contribution is 0.155. The second-order valence-electron chi connectivity index (χ2n) is 7.17. The highest BCUT2D eigenvalue weighted by atomic mass is 16.2. The number of fused-ring (bicyclic) bond motifs is 1. The van der Waals surface area contributed by atoms with Gasteiger partial charge in [-0.3, -0.25) is 0 Å². The van der Waals surface area contributed by atoms with E-state index in [4.69, 9.17) is 0 Å². The Bertz CT molecular complexity index is 899. The van der Waals surface area contributed by atoms with Crippen molar-refractivity contribution in [3.8, 4) is 0 Å². The van der Waals surface area contributed by atoms with Crippen molar-refractivity contribution >= 4 is 6.03 Å². The Labute approximate surface area is 160 Å². The molecule has 0 radical (unpaired) electrons. The molecule has 0 bridgehead atoms. The first kappa shape index (κ1) is 17.4. The van der Waals surface area contributed by atoms with E-state index < -0.39 is 0 Å². The van der Waals surface area contributed by atoms with Gasteiger partial charge in [-0.15, -0.1) is 0 Å². The number of amides is 2. The molecule has 1 aliphatic rings. The van der Waals surface area contributed by atoms with Crippen LogP contribution in [0.5, 0.6) is 0 Å². The van der Waals surface area contributed by atoms with E-state index in [0.29, 0.717) is 6.54 Å². The number of rotatable bonds is 4. The van der Waals surface area contributed by atoms with E-state index in [2.05, 4.69) is 83.7 Å². The fourth-order valence-electron chi connectivity index (χ4n) is 3.74. The van der Waals surface area contributed by atoms with Crippen molar-refractivity contribution in [1.29, 1.82) is 0 Å². The summed E-state index contributed by atoms with van der Waals surface area (Å²) in [6, 6.07) is 22.9. The van der Waals surface area contributed by atoms with Crippen LogP contribution in [0, 0.1) is 6.92 Å². The summed E-state index contributed by atoms with van der Waals surface area (Å²) in [5, 5.41) is 3.10. The first-order valence-electron chi connectivity index (χ1n) is 9.50. The Morgan fingerprint density at radius 3 is 2.52 bits per heavy atom. The molecule has 2 heterocycles. The highest BCUT2D eigenvalue weighted by Gasteiger charge is 2.30. The highest BCUT2D eigenvalue weighted by Crippen LogP contribution is 2.29. The molecule has 138 valence electrons. The van der Waals surface area contributed by atoms with E-state index >= 15 is 0 Å². The first-order valence-corrected chi connectivity index (χ1v) is 9.50. The van der Waals surface area contributed by atoms with E-state index in [9.17, 15) is 4.79 Å². The molecular formula is C23H25N3O. The van der Waals surface area contributed by atoms with Crippen LogP contribution in [0.4, 0.5) is 4.79 Å². The number of urea groups is 1. The van der Waals surface area contributed by atoms with Crippen molar-refractivity contribution in [2.45, 2.75) is 32.5 Å². The van der Waals surface area contributed by atoms with Gasteiger partial charge in [0.2, 0.25) is 0 Å². The van der Waals surface area contributed by atoms with Gasteiger partial charge in [-0.25, -0.2) is 4.79 Å². The smallest absolute Gasteiger partial charge is 0.318 e. The van der Waals surface area contributed by atoms with Gasteiger partial charge in [0, 0.05) is 31.5 Å². The highest BCUT2D eigenvalue weighted by molar-refractivity contribution is 5.75. The SMILES string of the molecule is Cc1ccc(CNC(=O)N2CCn3cccc3[C@@H]2Cc2ccccc2)cc1. The zero-order valence-corrected chi connectivity index (χ0v) is 15.6. The van der Waals surface area contributed by atoms with Crippen LogP contribution in [0.2, 0.25) is 0 Å². The third kappa shape index (κ3) is 3.90. The number of aromatic nitrogens is 1. The lowest BCUT2D eigenvalue weighted by Gasteiger charge is -2.37. The van der Waals surface area contributed by atoms with Crippen molar-refractivity contribution < 1.29 is 4.79 Å². The monoisotopic (exact) mass is 359 g/mol. The minimum Gasteiger partial charge on any atom is -0.348 e. The van der Waals surface area contributed by atoms with E-state index in [1.165, 1.54) is 16.8 Å². The number of hydrogen-bond acceptors (Lipinski definition) is 1. The molecule has 1 N–H and O–H groups in total. The normalized spacial score (nSPS) is 16.0. The summed E-state index contributed by atoms with van der Waals surface area (Å²) in [4.78, 5) is 15.0. The summed E-state index contributed by atoms with van der Waals surface area (Å²) in [6.45, 7) is 4.18. The van der Waals surface area contributed by atoms with Crippen molar-refractivity contribution in [3.63, 3.8) is 0 Å². The van der Waals surface area contributed by atoms with Gasteiger partial charge in [-0.05, 0) is 36.6 Å². The average molecular weight is 359 g/mol. The van der Waals surface area contributed by atoms with Gasteiger partial charge in [-0.2, -0.15) is 0 Å². The number of carbonyl (C=O) groups excluding carboxylic acids is 1. The lowest BCUT2D eigenvalue weighted by Crippen LogP contribution is -2.47. The van der Waals surface area contributed by atoms with E-state index in [0.717, 1.165) is 25.1 Å². The average Bonchev–Trinajstić information content (AvgIpc) is 3.18. The van der Waals surface area contributed by atoms with Crippen LogP contribution in [0.25, 0.3) is 0 Å². The van der Waals surface area contributed by atoms with Gasteiger partial charge in [0.25, 0.3) is 0 Å². The number of benzene rings is 2. The summed E-state index contributed by atoms with van der Waals surface area (Å²) in [6.07, 6.45) is 2.93. The van der Waals surface area contributed by atoms with Gasteiger partial charge < -0.3 is 14.8 Å². The molecule has 4 rings (SSSR count). The van der Waals surface area contributed by atoms with Crippen LogP contribution in [-0.2, 0) is 19.5 Å². The molecule has 0 saturated carbocycles. The molecule has 2 amide bonds. The summed E-state index contributed by atoms with van der Waals surface area (Å²) in [5.41, 5.74) is 4.79. The molecule has 0 unspecified atom stereocenters. The third-order valence-electron chi connectivity index (χ3n) is 5.26. The number of nitrogens with one attached hydrogen (secondary N) is 1. The van der Waals surface area contributed by atoms with Crippen LogP contribution in [-0.4, -0.2) is 22.0 Å². The zero-order chi connectivity index (χ0) is 18.6. The topological polar surface area (TPSA) is 37.3 Å². The third-order valence-corrected chi connectivity index (χ3v) is 5.26. The van der Waals surface area contributed by atoms with Crippen LogP contribution >= 0.6 is 0 Å². The van der Waals surface area contributed by atoms with Crippen molar-refractivity contribution in [2.75, 3.05) is 6.54 Å². The van der Waals surface area contributed by atoms with Crippen LogP contribution in [0.1, 0.15) is 28.4 Å². The predicted molar refractivity (Wildman–Crippen MR) is 107 cm³/mol. The molecule has 0 aliphatic carbocycles.